The first kappa shape index (κ1) is 11.9. The van der Waals surface area contributed by atoms with Gasteiger partial charge in [0, 0.05) is 12.6 Å². The minimum absolute atomic E-state index is 0.0651. The summed E-state index contributed by atoms with van der Waals surface area (Å²) in [5, 5.41) is 11.7. The van der Waals surface area contributed by atoms with Crippen LogP contribution in [0, 0.1) is 5.92 Å². The predicted octanol–water partition coefficient (Wildman–Crippen LogP) is 0.831. The topological polar surface area (TPSA) is 58.6 Å². The molecular formula is C12H21NO3. The summed E-state index contributed by atoms with van der Waals surface area (Å²) >= 11 is 0. The largest absolute Gasteiger partial charge is 0.396 e. The Labute approximate surface area is 96.4 Å². The van der Waals surface area contributed by atoms with Crippen molar-refractivity contribution in [1.29, 1.82) is 0 Å². The molecule has 4 atom stereocenters. The number of hydrogen-bond acceptors (Lipinski definition) is 3. The van der Waals surface area contributed by atoms with Gasteiger partial charge in [-0.2, -0.15) is 0 Å². The van der Waals surface area contributed by atoms with E-state index in [0.717, 1.165) is 32.1 Å². The first-order valence-corrected chi connectivity index (χ1v) is 6.27. The predicted molar refractivity (Wildman–Crippen MR) is 59.9 cm³/mol. The van der Waals surface area contributed by atoms with Gasteiger partial charge in [-0.15, -0.1) is 0 Å². The first-order chi connectivity index (χ1) is 7.70. The lowest BCUT2D eigenvalue weighted by atomic mass is 9.88. The summed E-state index contributed by atoms with van der Waals surface area (Å²) in [4.78, 5) is 12.0. The Hall–Kier alpha value is -0.610. The molecule has 0 aromatic rings. The summed E-state index contributed by atoms with van der Waals surface area (Å²) in [5.74, 6) is 0.202. The zero-order valence-corrected chi connectivity index (χ0v) is 9.82. The highest BCUT2D eigenvalue weighted by Gasteiger charge is 2.44. The number of rotatable bonds is 5. The van der Waals surface area contributed by atoms with Crippen LogP contribution in [0.1, 0.15) is 39.0 Å². The lowest BCUT2D eigenvalue weighted by molar-refractivity contribution is -0.127. The van der Waals surface area contributed by atoms with Crippen LogP contribution in [-0.4, -0.2) is 35.9 Å². The van der Waals surface area contributed by atoms with E-state index in [2.05, 4.69) is 5.32 Å². The SMILES string of the molecule is CC(CCCO)NC(=O)C1CC2CCC1O2. The number of aliphatic hydroxyl groups is 1. The molecule has 2 saturated heterocycles. The maximum Gasteiger partial charge on any atom is 0.226 e. The third-order valence-electron chi connectivity index (χ3n) is 3.63. The quantitative estimate of drug-likeness (QED) is 0.731. The van der Waals surface area contributed by atoms with Crippen LogP contribution in [0.25, 0.3) is 0 Å². The molecule has 0 aromatic heterocycles. The summed E-state index contributed by atoms with van der Waals surface area (Å²) in [6, 6.07) is 0.152. The molecule has 1 amide bonds. The smallest absolute Gasteiger partial charge is 0.226 e. The molecule has 2 aliphatic heterocycles. The van der Waals surface area contributed by atoms with Crippen molar-refractivity contribution in [2.75, 3.05) is 6.61 Å². The van der Waals surface area contributed by atoms with Gasteiger partial charge in [0.25, 0.3) is 0 Å². The summed E-state index contributed by atoms with van der Waals surface area (Å²) in [6.45, 7) is 2.18. The Balaban J connectivity index is 1.75. The number of nitrogens with one attached hydrogen (secondary N) is 1. The number of aliphatic hydroxyl groups excluding tert-OH is 1. The molecule has 2 bridgehead atoms. The van der Waals surface area contributed by atoms with Crippen molar-refractivity contribution in [3.8, 4) is 0 Å². The minimum atomic E-state index is 0.0651. The molecule has 2 fully saturated rings. The average Bonchev–Trinajstić information content (AvgIpc) is 2.87. The van der Waals surface area contributed by atoms with Crippen LogP contribution in [0.3, 0.4) is 0 Å². The zero-order valence-electron chi connectivity index (χ0n) is 9.82. The maximum atomic E-state index is 12.0. The molecule has 4 nitrogen and oxygen atoms in total. The Kier molecular flexibility index (Phi) is 3.82. The second-order valence-corrected chi connectivity index (χ2v) is 4.99. The van der Waals surface area contributed by atoms with E-state index in [1.54, 1.807) is 0 Å². The van der Waals surface area contributed by atoms with Crippen LogP contribution in [0.4, 0.5) is 0 Å². The van der Waals surface area contributed by atoms with E-state index < -0.39 is 0 Å². The summed E-state index contributed by atoms with van der Waals surface area (Å²) in [7, 11) is 0. The number of carbonyl (C=O) groups is 1. The number of amides is 1. The summed E-state index contributed by atoms with van der Waals surface area (Å²) < 4.78 is 5.67. The molecule has 2 aliphatic rings. The second-order valence-electron chi connectivity index (χ2n) is 4.99. The molecule has 4 heteroatoms. The molecule has 4 unspecified atom stereocenters. The highest BCUT2D eigenvalue weighted by atomic mass is 16.5. The lowest BCUT2D eigenvalue weighted by Gasteiger charge is -2.21. The van der Waals surface area contributed by atoms with E-state index in [0.29, 0.717) is 6.10 Å². The van der Waals surface area contributed by atoms with Crippen molar-refractivity contribution in [3.05, 3.63) is 0 Å². The van der Waals surface area contributed by atoms with Crippen LogP contribution in [-0.2, 0) is 9.53 Å². The summed E-state index contributed by atoms with van der Waals surface area (Å²) in [6.07, 6.45) is 5.12. The van der Waals surface area contributed by atoms with E-state index in [1.165, 1.54) is 0 Å². The number of hydrogen-bond donors (Lipinski definition) is 2. The lowest BCUT2D eigenvalue weighted by Crippen LogP contribution is -2.40. The Morgan fingerprint density at radius 2 is 2.38 bits per heavy atom. The van der Waals surface area contributed by atoms with Gasteiger partial charge in [-0.1, -0.05) is 0 Å². The van der Waals surface area contributed by atoms with Crippen LogP contribution in [0.2, 0.25) is 0 Å². The van der Waals surface area contributed by atoms with E-state index >= 15 is 0 Å². The van der Waals surface area contributed by atoms with Gasteiger partial charge in [-0.05, 0) is 39.0 Å². The monoisotopic (exact) mass is 227 g/mol. The van der Waals surface area contributed by atoms with Gasteiger partial charge in [0.2, 0.25) is 5.91 Å². The normalized spacial score (nSPS) is 34.0. The molecule has 92 valence electrons. The number of carbonyl (C=O) groups excluding carboxylic acids is 1. The zero-order chi connectivity index (χ0) is 11.5. The van der Waals surface area contributed by atoms with Crippen LogP contribution >= 0.6 is 0 Å². The van der Waals surface area contributed by atoms with Crippen LogP contribution in [0.5, 0.6) is 0 Å². The molecule has 16 heavy (non-hydrogen) atoms. The first-order valence-electron chi connectivity index (χ1n) is 6.27. The molecule has 0 spiro atoms. The maximum absolute atomic E-state index is 12.0. The van der Waals surface area contributed by atoms with E-state index in [4.69, 9.17) is 9.84 Å². The van der Waals surface area contributed by atoms with E-state index in [-0.39, 0.29) is 30.6 Å². The van der Waals surface area contributed by atoms with Crippen molar-refractivity contribution >= 4 is 5.91 Å². The summed E-state index contributed by atoms with van der Waals surface area (Å²) in [5.41, 5.74) is 0. The van der Waals surface area contributed by atoms with Gasteiger partial charge in [-0.25, -0.2) is 0 Å². The van der Waals surface area contributed by atoms with Crippen LogP contribution < -0.4 is 5.32 Å². The third kappa shape index (κ3) is 2.55. The molecule has 0 aromatic carbocycles. The Morgan fingerprint density at radius 3 is 2.94 bits per heavy atom. The van der Waals surface area contributed by atoms with E-state index in [9.17, 15) is 4.79 Å². The van der Waals surface area contributed by atoms with Crippen molar-refractivity contribution in [2.45, 2.75) is 57.3 Å². The van der Waals surface area contributed by atoms with Crippen molar-refractivity contribution < 1.29 is 14.6 Å². The fourth-order valence-corrected chi connectivity index (χ4v) is 2.73. The van der Waals surface area contributed by atoms with Gasteiger partial charge in [0.15, 0.2) is 0 Å². The standard InChI is InChI=1S/C12H21NO3/c1-8(3-2-6-14)13-12(15)10-7-9-4-5-11(10)16-9/h8-11,14H,2-7H2,1H3,(H,13,15). The highest BCUT2D eigenvalue weighted by Crippen LogP contribution is 2.38. The van der Waals surface area contributed by atoms with Gasteiger partial charge in [0.05, 0.1) is 18.1 Å². The minimum Gasteiger partial charge on any atom is -0.396 e. The third-order valence-corrected chi connectivity index (χ3v) is 3.63. The molecular weight excluding hydrogens is 206 g/mol. The molecule has 2 N–H and O–H groups in total. The molecule has 0 saturated carbocycles. The van der Waals surface area contributed by atoms with Gasteiger partial charge < -0.3 is 15.2 Å². The molecule has 0 radical (unpaired) electrons. The molecule has 2 heterocycles. The molecule has 0 aliphatic carbocycles. The fraction of sp³-hybridized carbons (Fsp3) is 0.917. The van der Waals surface area contributed by atoms with Gasteiger partial charge in [0.1, 0.15) is 0 Å². The second kappa shape index (κ2) is 5.15. The fourth-order valence-electron chi connectivity index (χ4n) is 2.73. The average molecular weight is 227 g/mol. The Bertz CT molecular complexity index is 257. The number of fused-ring (bicyclic) bond motifs is 2. The van der Waals surface area contributed by atoms with Crippen molar-refractivity contribution in [3.63, 3.8) is 0 Å². The Morgan fingerprint density at radius 1 is 1.56 bits per heavy atom. The highest BCUT2D eigenvalue weighted by molar-refractivity contribution is 5.80. The van der Waals surface area contributed by atoms with Crippen molar-refractivity contribution in [2.24, 2.45) is 5.92 Å². The number of ether oxygens (including phenoxy) is 1. The van der Waals surface area contributed by atoms with Crippen molar-refractivity contribution in [1.82, 2.24) is 5.32 Å². The van der Waals surface area contributed by atoms with Crippen LogP contribution in [0.15, 0.2) is 0 Å². The van der Waals surface area contributed by atoms with E-state index in [1.807, 2.05) is 6.92 Å². The molecule has 2 rings (SSSR count). The van der Waals surface area contributed by atoms with Gasteiger partial charge in [-0.3, -0.25) is 4.79 Å². The van der Waals surface area contributed by atoms with Gasteiger partial charge >= 0.3 is 0 Å².